The Morgan fingerprint density at radius 2 is 2.28 bits per heavy atom. The van der Waals surface area contributed by atoms with E-state index in [4.69, 9.17) is 0 Å². The van der Waals surface area contributed by atoms with Gasteiger partial charge in [0, 0.05) is 49.1 Å². The van der Waals surface area contributed by atoms with E-state index in [-0.39, 0.29) is 5.82 Å². The number of aromatic nitrogens is 3. The maximum Gasteiger partial charge on any atom is 0.191 e. The standard InChI is InChI=1S/C18H23FN6/c1-2-20-18(22-9-11-25-10-3-7-24-25)21-8-6-14-13-23-17-5-4-15(19)12-16(14)17/h3-5,7,10,12-13,23H,2,6,8-9,11H2,1H3,(H2,20,21,22). The Balaban J connectivity index is 1.56. The highest BCUT2D eigenvalue weighted by Crippen LogP contribution is 2.19. The van der Waals surface area contributed by atoms with Crippen molar-refractivity contribution in [1.29, 1.82) is 0 Å². The molecule has 0 amide bonds. The zero-order valence-corrected chi connectivity index (χ0v) is 14.3. The van der Waals surface area contributed by atoms with E-state index < -0.39 is 0 Å². The summed E-state index contributed by atoms with van der Waals surface area (Å²) in [5.74, 6) is 0.561. The van der Waals surface area contributed by atoms with Gasteiger partial charge in [0.15, 0.2) is 5.96 Å². The molecule has 132 valence electrons. The van der Waals surface area contributed by atoms with Crippen LogP contribution in [-0.2, 0) is 13.0 Å². The van der Waals surface area contributed by atoms with Gasteiger partial charge in [0.1, 0.15) is 5.82 Å². The van der Waals surface area contributed by atoms with E-state index in [0.29, 0.717) is 6.54 Å². The third-order valence-electron chi connectivity index (χ3n) is 3.92. The first-order valence-electron chi connectivity index (χ1n) is 8.51. The van der Waals surface area contributed by atoms with Crippen molar-refractivity contribution < 1.29 is 4.39 Å². The van der Waals surface area contributed by atoms with Crippen LogP contribution in [0.25, 0.3) is 10.9 Å². The number of aliphatic imine (C=N–C) groups is 1. The highest BCUT2D eigenvalue weighted by atomic mass is 19.1. The summed E-state index contributed by atoms with van der Waals surface area (Å²) in [6.07, 6.45) is 6.38. The molecule has 0 aliphatic rings. The maximum atomic E-state index is 13.4. The van der Waals surface area contributed by atoms with Crippen LogP contribution in [0.1, 0.15) is 12.5 Å². The first-order chi connectivity index (χ1) is 12.3. The molecule has 2 heterocycles. The number of nitrogens with zero attached hydrogens (tertiary/aromatic N) is 3. The van der Waals surface area contributed by atoms with Crippen LogP contribution in [0.15, 0.2) is 47.8 Å². The third-order valence-corrected chi connectivity index (χ3v) is 3.92. The van der Waals surface area contributed by atoms with E-state index in [1.807, 2.05) is 30.1 Å². The third kappa shape index (κ3) is 4.59. The number of hydrogen-bond donors (Lipinski definition) is 3. The number of H-pyrrole nitrogens is 1. The lowest BCUT2D eigenvalue weighted by atomic mass is 10.1. The molecule has 3 rings (SSSR count). The molecule has 0 fully saturated rings. The van der Waals surface area contributed by atoms with Gasteiger partial charge in [-0.2, -0.15) is 5.10 Å². The average Bonchev–Trinajstić information content (AvgIpc) is 3.25. The smallest absolute Gasteiger partial charge is 0.191 e. The van der Waals surface area contributed by atoms with Gasteiger partial charge >= 0.3 is 0 Å². The summed E-state index contributed by atoms with van der Waals surface area (Å²) in [4.78, 5) is 7.77. The lowest BCUT2D eigenvalue weighted by molar-refractivity contribution is 0.598. The Morgan fingerprint density at radius 1 is 1.36 bits per heavy atom. The van der Waals surface area contributed by atoms with Gasteiger partial charge in [-0.25, -0.2) is 4.39 Å². The van der Waals surface area contributed by atoms with Crippen molar-refractivity contribution in [3.63, 3.8) is 0 Å². The van der Waals surface area contributed by atoms with Gasteiger partial charge in [0.25, 0.3) is 0 Å². The fraction of sp³-hybridized carbons (Fsp3) is 0.333. The molecule has 6 nitrogen and oxygen atoms in total. The summed E-state index contributed by atoms with van der Waals surface area (Å²) in [7, 11) is 0. The quantitative estimate of drug-likeness (QED) is 0.456. The molecular weight excluding hydrogens is 319 g/mol. The second-order valence-corrected chi connectivity index (χ2v) is 5.71. The normalized spacial score (nSPS) is 11.8. The maximum absolute atomic E-state index is 13.4. The molecule has 0 aliphatic carbocycles. The number of halogens is 1. The molecule has 25 heavy (non-hydrogen) atoms. The number of benzene rings is 1. The van der Waals surface area contributed by atoms with Gasteiger partial charge in [-0.1, -0.05) is 0 Å². The Kier molecular flexibility index (Phi) is 5.66. The first kappa shape index (κ1) is 17.0. The fourth-order valence-electron chi connectivity index (χ4n) is 2.71. The van der Waals surface area contributed by atoms with Crippen molar-refractivity contribution in [2.75, 3.05) is 19.6 Å². The molecule has 1 aromatic carbocycles. The largest absolute Gasteiger partial charge is 0.361 e. The molecule has 3 N–H and O–H groups in total. The van der Waals surface area contributed by atoms with Crippen molar-refractivity contribution in [3.05, 3.63) is 54.2 Å². The number of rotatable bonds is 7. The summed E-state index contributed by atoms with van der Waals surface area (Å²) >= 11 is 0. The highest BCUT2D eigenvalue weighted by molar-refractivity contribution is 5.83. The Bertz CT molecular complexity index is 821. The van der Waals surface area contributed by atoms with Gasteiger partial charge in [0.2, 0.25) is 0 Å². The molecule has 0 atom stereocenters. The summed E-state index contributed by atoms with van der Waals surface area (Å²) < 4.78 is 15.3. The molecule has 0 aliphatic heterocycles. The Labute approximate surface area is 146 Å². The lowest BCUT2D eigenvalue weighted by Gasteiger charge is -2.11. The zero-order chi connectivity index (χ0) is 17.5. The van der Waals surface area contributed by atoms with Crippen LogP contribution in [0, 0.1) is 5.82 Å². The molecule has 0 bridgehead atoms. The Hall–Kier alpha value is -2.83. The van der Waals surface area contributed by atoms with Crippen LogP contribution in [0.4, 0.5) is 4.39 Å². The van der Waals surface area contributed by atoms with Gasteiger partial charge in [0.05, 0.1) is 6.54 Å². The topological polar surface area (TPSA) is 70.0 Å². The molecule has 2 aromatic heterocycles. The molecule has 3 aromatic rings. The molecule has 0 radical (unpaired) electrons. The predicted molar refractivity (Wildman–Crippen MR) is 98.2 cm³/mol. The summed E-state index contributed by atoms with van der Waals surface area (Å²) in [5, 5.41) is 11.6. The first-order valence-corrected chi connectivity index (χ1v) is 8.51. The van der Waals surface area contributed by atoms with Crippen molar-refractivity contribution in [1.82, 2.24) is 25.4 Å². The van der Waals surface area contributed by atoms with E-state index in [1.54, 1.807) is 18.3 Å². The number of hydrogen-bond acceptors (Lipinski definition) is 2. The van der Waals surface area contributed by atoms with Crippen molar-refractivity contribution in [2.24, 2.45) is 4.99 Å². The van der Waals surface area contributed by atoms with E-state index in [9.17, 15) is 4.39 Å². The van der Waals surface area contributed by atoms with Gasteiger partial charge in [-0.15, -0.1) is 0 Å². The minimum absolute atomic E-state index is 0.217. The van der Waals surface area contributed by atoms with Crippen molar-refractivity contribution in [3.8, 4) is 0 Å². The van der Waals surface area contributed by atoms with E-state index in [2.05, 4.69) is 25.7 Å². The Morgan fingerprint density at radius 3 is 3.08 bits per heavy atom. The molecule has 0 spiro atoms. The average molecular weight is 342 g/mol. The lowest BCUT2D eigenvalue weighted by Crippen LogP contribution is -2.39. The number of aromatic amines is 1. The van der Waals surface area contributed by atoms with E-state index in [1.165, 1.54) is 6.07 Å². The van der Waals surface area contributed by atoms with E-state index in [0.717, 1.165) is 48.5 Å². The van der Waals surface area contributed by atoms with Crippen LogP contribution in [0.5, 0.6) is 0 Å². The van der Waals surface area contributed by atoms with Gasteiger partial charge in [-0.05, 0) is 43.2 Å². The summed E-state index contributed by atoms with van der Waals surface area (Å²) in [6, 6.07) is 6.70. The molecule has 0 saturated carbocycles. The van der Waals surface area contributed by atoms with Crippen molar-refractivity contribution in [2.45, 2.75) is 19.9 Å². The monoisotopic (exact) mass is 342 g/mol. The summed E-state index contributed by atoms with van der Waals surface area (Å²) in [5.41, 5.74) is 2.02. The second-order valence-electron chi connectivity index (χ2n) is 5.71. The van der Waals surface area contributed by atoms with Crippen LogP contribution in [0.3, 0.4) is 0 Å². The van der Waals surface area contributed by atoms with Crippen molar-refractivity contribution >= 4 is 16.9 Å². The fourth-order valence-corrected chi connectivity index (χ4v) is 2.71. The van der Waals surface area contributed by atoms with Gasteiger partial charge in [-0.3, -0.25) is 9.67 Å². The van der Waals surface area contributed by atoms with Crippen LogP contribution in [0.2, 0.25) is 0 Å². The number of fused-ring (bicyclic) bond motifs is 1. The van der Waals surface area contributed by atoms with Gasteiger partial charge < -0.3 is 15.6 Å². The number of guanidine groups is 1. The summed E-state index contributed by atoms with van der Waals surface area (Å²) in [6.45, 7) is 4.98. The predicted octanol–water partition coefficient (Wildman–Crippen LogP) is 2.30. The molecular formula is C18H23FN6. The zero-order valence-electron chi connectivity index (χ0n) is 14.3. The minimum atomic E-state index is -0.217. The number of nitrogens with one attached hydrogen (secondary N) is 3. The molecule has 0 unspecified atom stereocenters. The minimum Gasteiger partial charge on any atom is -0.361 e. The highest BCUT2D eigenvalue weighted by Gasteiger charge is 2.05. The van der Waals surface area contributed by atoms with E-state index >= 15 is 0 Å². The SMILES string of the molecule is CCNC(=NCCc1c[nH]c2ccc(F)cc12)NCCn1cccn1. The molecule has 7 heteroatoms. The van der Waals surface area contributed by atoms with Crippen LogP contribution < -0.4 is 10.6 Å². The molecule has 0 saturated heterocycles. The van der Waals surface area contributed by atoms with Crippen LogP contribution >= 0.6 is 0 Å². The second kappa shape index (κ2) is 8.32. The van der Waals surface area contributed by atoms with Crippen LogP contribution in [-0.4, -0.2) is 40.4 Å².